The van der Waals surface area contributed by atoms with E-state index >= 15 is 0 Å². The molecule has 0 unspecified atom stereocenters. The van der Waals surface area contributed by atoms with Crippen molar-refractivity contribution in [3.63, 3.8) is 0 Å². The molecule has 0 aromatic heterocycles. The molecule has 0 radical (unpaired) electrons. The summed E-state index contributed by atoms with van der Waals surface area (Å²) < 4.78 is 0. The molecule has 0 aromatic carbocycles. The normalized spacial score (nSPS) is 13.9. The van der Waals surface area contributed by atoms with E-state index in [1.807, 2.05) is 19.1 Å². The lowest BCUT2D eigenvalue weighted by Gasteiger charge is -1.84. The molecular weight excluding hydrogens is 112 g/mol. The number of nitrogens with zero attached hydrogens (tertiary/aromatic N) is 2. The highest BCUT2D eigenvalue weighted by atomic mass is 14.7. The zero-order valence-electron chi connectivity index (χ0n) is 6.13. The predicted molar refractivity (Wildman–Crippen MR) is 42.6 cm³/mol. The molecule has 0 spiro atoms. The maximum atomic E-state index is 3.95. The Kier molecular flexibility index (Phi) is 4.69. The Morgan fingerprint density at radius 1 is 1.33 bits per heavy atom. The van der Waals surface area contributed by atoms with E-state index in [4.69, 9.17) is 0 Å². The van der Waals surface area contributed by atoms with Gasteiger partial charge in [0.05, 0.1) is 5.71 Å². The summed E-state index contributed by atoms with van der Waals surface area (Å²) in [5.74, 6) is 0. The van der Waals surface area contributed by atoms with Gasteiger partial charge in [0.15, 0.2) is 0 Å². The zero-order chi connectivity index (χ0) is 7.11. The second-order valence-electron chi connectivity index (χ2n) is 1.54. The highest BCUT2D eigenvalue weighted by molar-refractivity contribution is 6.35. The van der Waals surface area contributed by atoms with Gasteiger partial charge in [-0.25, -0.2) is 0 Å². The smallest absolute Gasteiger partial charge is 0.0745 e. The molecule has 0 fully saturated rings. The van der Waals surface area contributed by atoms with E-state index in [-0.39, 0.29) is 0 Å². The minimum Gasteiger partial charge on any atom is -0.294 e. The van der Waals surface area contributed by atoms with E-state index in [1.165, 1.54) is 0 Å². The van der Waals surface area contributed by atoms with Gasteiger partial charge < -0.3 is 0 Å². The van der Waals surface area contributed by atoms with Crippen molar-refractivity contribution in [3.05, 3.63) is 12.2 Å². The van der Waals surface area contributed by atoms with Crippen LogP contribution < -0.4 is 0 Å². The monoisotopic (exact) mass is 124 g/mol. The molecule has 0 heterocycles. The third-order valence-electron chi connectivity index (χ3n) is 0.857. The second-order valence-corrected chi connectivity index (χ2v) is 1.54. The fourth-order valence-electron chi connectivity index (χ4n) is 0.478. The number of hydrogen-bond donors (Lipinski definition) is 0. The van der Waals surface area contributed by atoms with Crippen LogP contribution in [0.25, 0.3) is 0 Å². The molecule has 0 rings (SSSR count). The van der Waals surface area contributed by atoms with Crippen LogP contribution in [0.2, 0.25) is 0 Å². The van der Waals surface area contributed by atoms with Gasteiger partial charge >= 0.3 is 0 Å². The van der Waals surface area contributed by atoms with E-state index in [0.29, 0.717) is 0 Å². The van der Waals surface area contributed by atoms with Crippen LogP contribution in [0, 0.1) is 0 Å². The topological polar surface area (TPSA) is 24.7 Å². The van der Waals surface area contributed by atoms with Crippen molar-refractivity contribution in [2.45, 2.75) is 6.92 Å². The summed E-state index contributed by atoms with van der Waals surface area (Å²) in [6.07, 6.45) is 5.57. The minimum atomic E-state index is 0.903. The molecule has 0 saturated carbocycles. The fraction of sp³-hybridized carbons (Fsp3) is 0.429. The maximum Gasteiger partial charge on any atom is 0.0745 e. The lowest BCUT2D eigenvalue weighted by Crippen LogP contribution is -1.93. The van der Waals surface area contributed by atoms with Gasteiger partial charge in [-0.1, -0.05) is 6.08 Å². The molecule has 2 heteroatoms. The van der Waals surface area contributed by atoms with Crippen molar-refractivity contribution in [2.24, 2.45) is 9.98 Å². The molecule has 0 N–H and O–H groups in total. The third kappa shape index (κ3) is 3.64. The van der Waals surface area contributed by atoms with Crippen molar-refractivity contribution in [1.82, 2.24) is 0 Å². The van der Waals surface area contributed by atoms with Gasteiger partial charge in [0.25, 0.3) is 0 Å². The van der Waals surface area contributed by atoms with E-state index in [0.717, 1.165) is 5.71 Å². The van der Waals surface area contributed by atoms with E-state index in [1.54, 1.807) is 20.3 Å². The molecule has 0 aromatic rings. The van der Waals surface area contributed by atoms with Crippen LogP contribution in [-0.2, 0) is 0 Å². The van der Waals surface area contributed by atoms with Crippen molar-refractivity contribution < 1.29 is 0 Å². The second kappa shape index (κ2) is 5.22. The standard InChI is InChI=1S/C7H12N2/c1-4-5-7(9-3)6-8-2/h4-6H,1-3H3. The molecule has 0 amide bonds. The summed E-state index contributed by atoms with van der Waals surface area (Å²) in [7, 11) is 3.48. The number of hydrogen-bond acceptors (Lipinski definition) is 2. The summed E-state index contributed by atoms with van der Waals surface area (Å²) in [5.41, 5.74) is 0.903. The van der Waals surface area contributed by atoms with Crippen LogP contribution in [0.3, 0.4) is 0 Å². The van der Waals surface area contributed by atoms with E-state index < -0.39 is 0 Å². The first kappa shape index (κ1) is 8.08. The summed E-state index contributed by atoms with van der Waals surface area (Å²) in [6, 6.07) is 0. The van der Waals surface area contributed by atoms with Gasteiger partial charge in [-0.05, 0) is 13.0 Å². The molecule has 0 bridgehead atoms. The Balaban J connectivity index is 4.01. The molecule has 50 valence electrons. The van der Waals surface area contributed by atoms with Gasteiger partial charge in [-0.3, -0.25) is 9.98 Å². The van der Waals surface area contributed by atoms with Crippen LogP contribution in [0.5, 0.6) is 0 Å². The highest BCUT2D eigenvalue weighted by Crippen LogP contribution is 1.76. The average Bonchev–Trinajstić information content (AvgIpc) is 1.88. The lowest BCUT2D eigenvalue weighted by atomic mass is 10.3. The predicted octanol–water partition coefficient (Wildman–Crippen LogP) is 1.33. The quantitative estimate of drug-likeness (QED) is 0.496. The minimum absolute atomic E-state index is 0.903. The van der Waals surface area contributed by atoms with Gasteiger partial charge in [0.1, 0.15) is 0 Å². The van der Waals surface area contributed by atoms with E-state index in [2.05, 4.69) is 9.98 Å². The fourth-order valence-corrected chi connectivity index (χ4v) is 0.478. The van der Waals surface area contributed by atoms with Crippen molar-refractivity contribution >= 4 is 11.9 Å². The van der Waals surface area contributed by atoms with Gasteiger partial charge in [0, 0.05) is 20.3 Å². The summed E-state index contributed by atoms with van der Waals surface area (Å²) in [5, 5.41) is 0. The zero-order valence-corrected chi connectivity index (χ0v) is 6.13. The first-order chi connectivity index (χ1) is 4.35. The average molecular weight is 124 g/mol. The van der Waals surface area contributed by atoms with Crippen LogP contribution in [0.15, 0.2) is 22.1 Å². The molecule has 0 aliphatic carbocycles. The highest BCUT2D eigenvalue weighted by Gasteiger charge is 1.80. The van der Waals surface area contributed by atoms with Crippen LogP contribution in [-0.4, -0.2) is 26.0 Å². The SMILES string of the molecule is CC=CC(C=NC)=NC. The Morgan fingerprint density at radius 3 is 2.33 bits per heavy atom. The summed E-state index contributed by atoms with van der Waals surface area (Å²) >= 11 is 0. The number of aliphatic imine (C=N–C) groups is 2. The van der Waals surface area contributed by atoms with Crippen LogP contribution in [0.4, 0.5) is 0 Å². The Morgan fingerprint density at radius 2 is 2.00 bits per heavy atom. The first-order valence-corrected chi connectivity index (χ1v) is 2.86. The number of allylic oxidation sites excluding steroid dienone is 2. The van der Waals surface area contributed by atoms with Crippen LogP contribution >= 0.6 is 0 Å². The molecule has 0 aliphatic heterocycles. The Bertz CT molecular complexity index is 129. The molecule has 9 heavy (non-hydrogen) atoms. The largest absolute Gasteiger partial charge is 0.294 e. The molecule has 0 saturated heterocycles. The van der Waals surface area contributed by atoms with Crippen molar-refractivity contribution in [3.8, 4) is 0 Å². The van der Waals surface area contributed by atoms with Crippen LogP contribution in [0.1, 0.15) is 6.92 Å². The number of rotatable bonds is 2. The Labute approximate surface area is 56.0 Å². The van der Waals surface area contributed by atoms with Crippen molar-refractivity contribution in [2.75, 3.05) is 14.1 Å². The first-order valence-electron chi connectivity index (χ1n) is 2.86. The Hall–Kier alpha value is -0.920. The third-order valence-corrected chi connectivity index (χ3v) is 0.857. The van der Waals surface area contributed by atoms with Gasteiger partial charge in [-0.2, -0.15) is 0 Å². The summed E-state index contributed by atoms with van der Waals surface area (Å²) in [6.45, 7) is 1.95. The van der Waals surface area contributed by atoms with E-state index in [9.17, 15) is 0 Å². The molecule has 0 aliphatic rings. The van der Waals surface area contributed by atoms with Gasteiger partial charge in [-0.15, -0.1) is 0 Å². The van der Waals surface area contributed by atoms with Gasteiger partial charge in [0.2, 0.25) is 0 Å². The maximum absolute atomic E-state index is 3.95. The molecule has 2 nitrogen and oxygen atoms in total. The molecular formula is C7H12N2. The summed E-state index contributed by atoms with van der Waals surface area (Å²) in [4.78, 5) is 7.77. The van der Waals surface area contributed by atoms with Crippen molar-refractivity contribution in [1.29, 1.82) is 0 Å². The molecule has 0 atom stereocenters. The lowest BCUT2D eigenvalue weighted by molar-refractivity contribution is 1.44.